The minimum atomic E-state index is -0.417. The van der Waals surface area contributed by atoms with Crippen molar-refractivity contribution in [2.24, 2.45) is 0 Å². The van der Waals surface area contributed by atoms with Crippen LogP contribution in [0.4, 0.5) is 4.39 Å². The summed E-state index contributed by atoms with van der Waals surface area (Å²) >= 11 is 20.8. The van der Waals surface area contributed by atoms with Crippen LogP contribution in [-0.4, -0.2) is 9.55 Å². The molecule has 0 aliphatic heterocycles. The molecule has 3 aromatic rings. The number of hydrogen-bond donors (Lipinski definition) is 1. The van der Waals surface area contributed by atoms with Crippen LogP contribution in [0.5, 0.6) is 0 Å². The van der Waals surface area contributed by atoms with Crippen LogP contribution in [-0.2, 0) is 0 Å². The molecule has 0 fully saturated rings. The van der Waals surface area contributed by atoms with Gasteiger partial charge in [0.1, 0.15) is 5.82 Å². The number of fused-ring (bicyclic) bond motifs is 1. The van der Waals surface area contributed by atoms with E-state index in [9.17, 15) is 4.39 Å². The fourth-order valence-electron chi connectivity index (χ4n) is 2.05. The Labute approximate surface area is 137 Å². The van der Waals surface area contributed by atoms with Crippen molar-refractivity contribution >= 4 is 62.4 Å². The number of aromatic amines is 1. The maximum absolute atomic E-state index is 13.3. The van der Waals surface area contributed by atoms with Crippen LogP contribution < -0.4 is 0 Å². The first-order valence-electron chi connectivity index (χ1n) is 5.52. The Kier molecular flexibility index (Phi) is 3.62. The Balaban J connectivity index is 2.41. The van der Waals surface area contributed by atoms with E-state index in [0.29, 0.717) is 20.0 Å². The lowest BCUT2D eigenvalue weighted by Gasteiger charge is -2.10. The van der Waals surface area contributed by atoms with Gasteiger partial charge in [0.2, 0.25) is 0 Å². The SMILES string of the molecule is Fc1cc(Cl)c(-n2c(=S)[nH]c3cc(Cl)ccc32)c(Br)c1. The third kappa shape index (κ3) is 2.29. The average Bonchev–Trinajstić information content (AvgIpc) is 2.64. The number of halogens is 4. The predicted octanol–water partition coefficient (Wildman–Crippen LogP) is 5.90. The van der Waals surface area contributed by atoms with Crippen molar-refractivity contribution in [2.75, 3.05) is 0 Å². The van der Waals surface area contributed by atoms with Crippen molar-refractivity contribution in [1.82, 2.24) is 9.55 Å². The zero-order valence-electron chi connectivity index (χ0n) is 9.75. The smallest absolute Gasteiger partial charge is 0.182 e. The van der Waals surface area contributed by atoms with Crippen molar-refractivity contribution in [1.29, 1.82) is 0 Å². The van der Waals surface area contributed by atoms with Crippen molar-refractivity contribution in [3.05, 3.63) is 55.4 Å². The molecule has 0 saturated heterocycles. The molecule has 102 valence electrons. The van der Waals surface area contributed by atoms with Crippen molar-refractivity contribution in [3.8, 4) is 5.69 Å². The van der Waals surface area contributed by atoms with Gasteiger partial charge in [0.05, 0.1) is 21.7 Å². The van der Waals surface area contributed by atoms with Crippen molar-refractivity contribution < 1.29 is 4.39 Å². The maximum atomic E-state index is 13.3. The molecule has 0 unspecified atom stereocenters. The van der Waals surface area contributed by atoms with Gasteiger partial charge < -0.3 is 4.98 Å². The lowest BCUT2D eigenvalue weighted by molar-refractivity contribution is 0.626. The van der Waals surface area contributed by atoms with Gasteiger partial charge in [-0.25, -0.2) is 4.39 Å². The summed E-state index contributed by atoms with van der Waals surface area (Å²) < 4.78 is 16.1. The molecule has 0 aliphatic carbocycles. The number of benzene rings is 2. The summed E-state index contributed by atoms with van der Waals surface area (Å²) in [5.41, 5.74) is 2.19. The third-order valence-corrected chi connectivity index (χ3v) is 4.26. The van der Waals surface area contributed by atoms with E-state index >= 15 is 0 Å². The summed E-state index contributed by atoms with van der Waals surface area (Å²) in [6.45, 7) is 0. The van der Waals surface area contributed by atoms with Crippen LogP contribution >= 0.6 is 51.3 Å². The fourth-order valence-corrected chi connectivity index (χ4v) is 3.54. The summed E-state index contributed by atoms with van der Waals surface area (Å²) in [5.74, 6) is -0.417. The van der Waals surface area contributed by atoms with Gasteiger partial charge in [-0.3, -0.25) is 4.57 Å². The molecule has 0 atom stereocenters. The van der Waals surface area contributed by atoms with Gasteiger partial charge in [0, 0.05) is 9.50 Å². The van der Waals surface area contributed by atoms with Crippen LogP contribution in [0.1, 0.15) is 0 Å². The second-order valence-electron chi connectivity index (χ2n) is 4.15. The second kappa shape index (κ2) is 5.15. The molecule has 1 aromatic heterocycles. The first-order valence-corrected chi connectivity index (χ1v) is 7.48. The largest absolute Gasteiger partial charge is 0.330 e. The highest BCUT2D eigenvalue weighted by Crippen LogP contribution is 2.33. The molecule has 0 spiro atoms. The van der Waals surface area contributed by atoms with Crippen LogP contribution in [0.3, 0.4) is 0 Å². The lowest BCUT2D eigenvalue weighted by atomic mass is 10.2. The number of rotatable bonds is 1. The lowest BCUT2D eigenvalue weighted by Crippen LogP contribution is -1.97. The van der Waals surface area contributed by atoms with E-state index < -0.39 is 5.82 Å². The standard InChI is InChI=1S/C13H6BrCl2FN2S/c14-8-4-7(17)5-9(16)12(8)19-11-2-1-6(15)3-10(11)18-13(19)20/h1-5H,(H,18,20). The first-order chi connectivity index (χ1) is 9.47. The zero-order valence-corrected chi connectivity index (χ0v) is 13.7. The zero-order chi connectivity index (χ0) is 14.4. The summed E-state index contributed by atoms with van der Waals surface area (Å²) in [5, 5.41) is 0.869. The molecule has 0 saturated carbocycles. The van der Waals surface area contributed by atoms with E-state index in [2.05, 4.69) is 20.9 Å². The number of nitrogens with zero attached hydrogens (tertiary/aromatic N) is 1. The fraction of sp³-hybridized carbons (Fsp3) is 0. The minimum absolute atomic E-state index is 0.267. The average molecular weight is 392 g/mol. The van der Waals surface area contributed by atoms with Crippen LogP contribution in [0.2, 0.25) is 10.0 Å². The summed E-state index contributed by atoms with van der Waals surface area (Å²) in [6, 6.07) is 7.95. The molecular weight excluding hydrogens is 386 g/mol. The number of nitrogens with one attached hydrogen (secondary N) is 1. The van der Waals surface area contributed by atoms with Crippen LogP contribution in [0.25, 0.3) is 16.7 Å². The number of H-pyrrole nitrogens is 1. The van der Waals surface area contributed by atoms with Crippen molar-refractivity contribution in [2.45, 2.75) is 0 Å². The molecule has 20 heavy (non-hydrogen) atoms. The molecule has 3 rings (SSSR count). The molecule has 2 aromatic carbocycles. The van der Waals surface area contributed by atoms with E-state index in [4.69, 9.17) is 35.4 Å². The topological polar surface area (TPSA) is 20.7 Å². The van der Waals surface area contributed by atoms with Gasteiger partial charge in [-0.1, -0.05) is 23.2 Å². The van der Waals surface area contributed by atoms with Gasteiger partial charge in [0.25, 0.3) is 0 Å². The van der Waals surface area contributed by atoms with Gasteiger partial charge in [-0.2, -0.15) is 0 Å². The predicted molar refractivity (Wildman–Crippen MR) is 86.1 cm³/mol. The Hall–Kier alpha value is -0.880. The monoisotopic (exact) mass is 390 g/mol. The number of imidazole rings is 1. The molecule has 0 bridgehead atoms. The highest BCUT2D eigenvalue weighted by Gasteiger charge is 2.14. The van der Waals surface area contributed by atoms with E-state index in [-0.39, 0.29) is 5.02 Å². The highest BCUT2D eigenvalue weighted by atomic mass is 79.9. The molecule has 2 nitrogen and oxygen atoms in total. The van der Waals surface area contributed by atoms with Crippen LogP contribution in [0.15, 0.2) is 34.8 Å². The number of hydrogen-bond acceptors (Lipinski definition) is 1. The van der Waals surface area contributed by atoms with Gasteiger partial charge in [0.15, 0.2) is 4.77 Å². The van der Waals surface area contributed by atoms with Crippen LogP contribution in [0, 0.1) is 10.6 Å². The molecular formula is C13H6BrCl2FN2S. The Morgan fingerprint density at radius 2 is 1.95 bits per heavy atom. The maximum Gasteiger partial charge on any atom is 0.182 e. The summed E-state index contributed by atoms with van der Waals surface area (Å²) in [7, 11) is 0. The minimum Gasteiger partial charge on any atom is -0.330 e. The highest BCUT2D eigenvalue weighted by molar-refractivity contribution is 9.10. The number of aromatic nitrogens is 2. The summed E-state index contributed by atoms with van der Waals surface area (Å²) in [4.78, 5) is 3.06. The summed E-state index contributed by atoms with van der Waals surface area (Å²) in [6.07, 6.45) is 0. The molecule has 0 radical (unpaired) electrons. The van der Waals surface area contributed by atoms with Crippen molar-refractivity contribution in [3.63, 3.8) is 0 Å². The normalized spacial score (nSPS) is 11.2. The second-order valence-corrected chi connectivity index (χ2v) is 6.23. The first kappa shape index (κ1) is 14.1. The molecule has 7 heteroatoms. The molecule has 1 N–H and O–H groups in total. The Morgan fingerprint density at radius 1 is 1.20 bits per heavy atom. The van der Waals surface area contributed by atoms with Gasteiger partial charge in [-0.15, -0.1) is 0 Å². The van der Waals surface area contributed by atoms with E-state index in [1.807, 2.05) is 6.07 Å². The van der Waals surface area contributed by atoms with E-state index in [0.717, 1.165) is 11.0 Å². The molecule has 1 heterocycles. The van der Waals surface area contributed by atoms with Gasteiger partial charge in [-0.05, 0) is 58.5 Å². The molecule has 0 amide bonds. The Bertz CT molecular complexity index is 865. The van der Waals surface area contributed by atoms with Gasteiger partial charge >= 0.3 is 0 Å². The molecule has 0 aliphatic rings. The Morgan fingerprint density at radius 3 is 2.65 bits per heavy atom. The quantitative estimate of drug-likeness (QED) is 0.512. The van der Waals surface area contributed by atoms with E-state index in [1.54, 1.807) is 16.7 Å². The van der Waals surface area contributed by atoms with E-state index in [1.165, 1.54) is 12.1 Å². The third-order valence-electron chi connectivity index (χ3n) is 2.85.